The summed E-state index contributed by atoms with van der Waals surface area (Å²) in [6.45, 7) is 8.15. The lowest BCUT2D eigenvalue weighted by molar-refractivity contribution is 1.07. The summed E-state index contributed by atoms with van der Waals surface area (Å²) in [4.78, 5) is 18.7. The van der Waals surface area contributed by atoms with Gasteiger partial charge in [-0.3, -0.25) is 0 Å². The Morgan fingerprint density at radius 1 is 0.455 bits per heavy atom. The van der Waals surface area contributed by atoms with E-state index in [2.05, 4.69) is 57.9 Å². The molecule has 0 aliphatic heterocycles. The van der Waals surface area contributed by atoms with E-state index in [4.69, 9.17) is 21.5 Å². The van der Waals surface area contributed by atoms with Crippen molar-refractivity contribution in [2.24, 2.45) is 0 Å². The summed E-state index contributed by atoms with van der Waals surface area (Å²) in [5.74, 6) is 1.44. The molecule has 0 amide bonds. The van der Waals surface area contributed by atoms with Crippen molar-refractivity contribution in [1.82, 2.24) is 19.5 Å². The lowest BCUT2D eigenvalue weighted by atomic mass is 9.99. The van der Waals surface area contributed by atoms with Gasteiger partial charge in [-0.2, -0.15) is 10.5 Å². The second kappa shape index (κ2) is 13.7. The van der Waals surface area contributed by atoms with Crippen molar-refractivity contribution in [2.75, 3.05) is 0 Å². The third kappa shape index (κ3) is 6.03. The first-order valence-electron chi connectivity index (χ1n) is 17.6. The SMILES string of the molecule is [C-]#[N+]c1ccc(-n2c3ccc(-c4cccc(C#N)c4)cc3c3cc(-c4cccc(C#N)c4)ccc32)cc1-c1nc(-c2ccccc2)nc(-c2ccccc2)n1. The fourth-order valence-electron chi connectivity index (χ4n) is 7.07. The van der Waals surface area contributed by atoms with Crippen LogP contribution in [0.2, 0.25) is 0 Å². The standard InChI is InChI=1S/C48H27N7/c1-51-43-21-20-39(28-42(43)48-53-46(33-12-4-2-5-13-33)52-47(54-48)34-14-6-3-7-15-34)55-44-22-18-37(35-16-8-10-31(24-35)29-49)26-40(44)41-27-38(19-23-45(41)55)36-17-9-11-32(25-36)30-50/h2-28H. The Kier molecular flexibility index (Phi) is 8.18. The van der Waals surface area contributed by atoms with Gasteiger partial charge >= 0.3 is 0 Å². The summed E-state index contributed by atoms with van der Waals surface area (Å²) in [7, 11) is 0. The maximum atomic E-state index is 9.61. The summed E-state index contributed by atoms with van der Waals surface area (Å²) >= 11 is 0. The highest BCUT2D eigenvalue weighted by Gasteiger charge is 2.19. The van der Waals surface area contributed by atoms with Crippen molar-refractivity contribution in [3.05, 3.63) is 186 Å². The number of fused-ring (bicyclic) bond motifs is 3. The lowest BCUT2D eigenvalue weighted by Crippen LogP contribution is -2.01. The van der Waals surface area contributed by atoms with Gasteiger partial charge in [-0.05, 0) is 82.9 Å². The van der Waals surface area contributed by atoms with Gasteiger partial charge in [-0.25, -0.2) is 19.8 Å². The summed E-state index contributed by atoms with van der Waals surface area (Å²) in [6.07, 6.45) is 0. The zero-order valence-corrected chi connectivity index (χ0v) is 29.2. The van der Waals surface area contributed by atoms with Gasteiger partial charge in [0.25, 0.3) is 0 Å². The maximum absolute atomic E-state index is 9.61. The molecule has 0 saturated heterocycles. The Hall–Kier alpha value is -8.18. The van der Waals surface area contributed by atoms with Gasteiger partial charge in [0.2, 0.25) is 0 Å². The van der Waals surface area contributed by atoms with E-state index in [0.717, 1.165) is 60.9 Å². The third-order valence-corrected chi connectivity index (χ3v) is 9.71. The molecule has 0 bridgehead atoms. The molecule has 0 spiro atoms. The van der Waals surface area contributed by atoms with Crippen LogP contribution in [0.1, 0.15) is 11.1 Å². The zero-order valence-electron chi connectivity index (χ0n) is 29.2. The highest BCUT2D eigenvalue weighted by atomic mass is 15.0. The van der Waals surface area contributed by atoms with E-state index < -0.39 is 0 Å². The normalized spacial score (nSPS) is 10.9. The Morgan fingerprint density at radius 2 is 0.927 bits per heavy atom. The molecular formula is C48H27N7. The second-order valence-electron chi connectivity index (χ2n) is 13.0. The molecule has 0 atom stereocenters. The highest BCUT2D eigenvalue weighted by Crippen LogP contribution is 2.40. The molecule has 0 unspecified atom stereocenters. The summed E-state index contributed by atoms with van der Waals surface area (Å²) < 4.78 is 2.20. The number of nitriles is 2. The number of aromatic nitrogens is 4. The minimum atomic E-state index is 0.403. The Bertz CT molecular complexity index is 2900. The Morgan fingerprint density at radius 3 is 1.42 bits per heavy atom. The van der Waals surface area contributed by atoms with Gasteiger partial charge in [0.05, 0.1) is 40.9 Å². The molecule has 0 aliphatic carbocycles. The van der Waals surface area contributed by atoms with Crippen molar-refractivity contribution < 1.29 is 0 Å². The minimum Gasteiger partial charge on any atom is -0.309 e. The van der Waals surface area contributed by atoms with Gasteiger partial charge in [0.15, 0.2) is 23.2 Å². The van der Waals surface area contributed by atoms with E-state index in [0.29, 0.717) is 39.9 Å². The molecule has 254 valence electrons. The number of nitrogens with zero attached hydrogens (tertiary/aromatic N) is 7. The maximum Gasteiger partial charge on any atom is 0.198 e. The average Bonchev–Trinajstić information content (AvgIpc) is 3.59. The smallest absolute Gasteiger partial charge is 0.198 e. The fraction of sp³-hybridized carbons (Fsp3) is 0. The molecule has 9 aromatic rings. The van der Waals surface area contributed by atoms with Crippen LogP contribution < -0.4 is 0 Å². The molecular weight excluding hydrogens is 675 g/mol. The number of benzene rings is 7. The first kappa shape index (κ1) is 32.7. The van der Waals surface area contributed by atoms with Crippen molar-refractivity contribution in [3.63, 3.8) is 0 Å². The van der Waals surface area contributed by atoms with Crippen LogP contribution in [-0.2, 0) is 0 Å². The van der Waals surface area contributed by atoms with Crippen LogP contribution in [0, 0.1) is 29.2 Å². The predicted molar refractivity (Wildman–Crippen MR) is 217 cm³/mol. The molecule has 0 radical (unpaired) electrons. The topological polar surface area (TPSA) is 95.5 Å². The average molecular weight is 702 g/mol. The molecule has 55 heavy (non-hydrogen) atoms. The van der Waals surface area contributed by atoms with Gasteiger partial charge in [-0.15, -0.1) is 0 Å². The quantitative estimate of drug-likeness (QED) is 0.161. The molecule has 2 aromatic heterocycles. The molecule has 0 N–H and O–H groups in total. The molecule has 0 saturated carbocycles. The molecule has 7 nitrogen and oxygen atoms in total. The van der Waals surface area contributed by atoms with Crippen LogP contribution >= 0.6 is 0 Å². The van der Waals surface area contributed by atoms with Crippen molar-refractivity contribution in [3.8, 4) is 74.2 Å². The third-order valence-electron chi connectivity index (χ3n) is 9.71. The van der Waals surface area contributed by atoms with Crippen LogP contribution in [0.25, 0.3) is 88.8 Å². The van der Waals surface area contributed by atoms with Gasteiger partial charge in [-0.1, -0.05) is 103 Å². The first-order valence-corrected chi connectivity index (χ1v) is 17.6. The van der Waals surface area contributed by atoms with Gasteiger partial charge < -0.3 is 4.57 Å². The Balaban J connectivity index is 1.28. The second-order valence-corrected chi connectivity index (χ2v) is 13.0. The van der Waals surface area contributed by atoms with Crippen LogP contribution in [0.3, 0.4) is 0 Å². The fourth-order valence-corrected chi connectivity index (χ4v) is 7.07. The summed E-state index contributed by atoms with van der Waals surface area (Å²) in [5.41, 5.74) is 10.5. The van der Waals surface area contributed by atoms with Gasteiger partial charge in [0, 0.05) is 33.2 Å². The number of hydrogen-bond donors (Lipinski definition) is 0. The zero-order chi connectivity index (χ0) is 37.3. The molecule has 7 aromatic carbocycles. The van der Waals surface area contributed by atoms with Gasteiger partial charge in [0.1, 0.15) is 0 Å². The molecule has 0 aliphatic rings. The van der Waals surface area contributed by atoms with Crippen LogP contribution in [0.5, 0.6) is 0 Å². The summed E-state index contributed by atoms with van der Waals surface area (Å²) in [6, 6.07) is 57.8. The van der Waals surface area contributed by atoms with E-state index in [1.54, 1.807) is 12.1 Å². The Labute approximate surface area is 317 Å². The van der Waals surface area contributed by atoms with Crippen molar-refractivity contribution >= 4 is 27.5 Å². The monoisotopic (exact) mass is 701 g/mol. The largest absolute Gasteiger partial charge is 0.309 e. The van der Waals surface area contributed by atoms with E-state index >= 15 is 0 Å². The lowest BCUT2D eigenvalue weighted by Gasteiger charge is -2.13. The number of hydrogen-bond acceptors (Lipinski definition) is 5. The molecule has 9 rings (SSSR count). The van der Waals surface area contributed by atoms with Crippen LogP contribution in [-0.4, -0.2) is 19.5 Å². The van der Waals surface area contributed by atoms with E-state index in [1.165, 1.54) is 0 Å². The van der Waals surface area contributed by atoms with Crippen LogP contribution in [0.15, 0.2) is 164 Å². The summed E-state index contributed by atoms with van der Waals surface area (Å²) in [5, 5.41) is 21.3. The van der Waals surface area contributed by atoms with Crippen molar-refractivity contribution in [2.45, 2.75) is 0 Å². The predicted octanol–water partition coefficient (Wildman–Crippen LogP) is 11.6. The molecule has 2 heterocycles. The number of rotatable bonds is 6. The molecule has 0 fully saturated rings. The van der Waals surface area contributed by atoms with Crippen LogP contribution in [0.4, 0.5) is 5.69 Å². The molecule has 7 heteroatoms. The van der Waals surface area contributed by atoms with E-state index in [9.17, 15) is 10.5 Å². The highest BCUT2D eigenvalue weighted by molar-refractivity contribution is 6.11. The van der Waals surface area contributed by atoms with Crippen molar-refractivity contribution in [1.29, 1.82) is 10.5 Å². The first-order chi connectivity index (χ1) is 27.1. The minimum absolute atomic E-state index is 0.403. The van der Waals surface area contributed by atoms with E-state index in [-0.39, 0.29) is 0 Å². The van der Waals surface area contributed by atoms with E-state index in [1.807, 2.05) is 115 Å².